The van der Waals surface area contributed by atoms with Gasteiger partial charge in [0, 0.05) is 30.5 Å². The summed E-state index contributed by atoms with van der Waals surface area (Å²) in [4.78, 5) is 25.3. The van der Waals surface area contributed by atoms with E-state index in [2.05, 4.69) is 10.6 Å². The predicted octanol–water partition coefficient (Wildman–Crippen LogP) is 4.39. The average molecular weight is 615 g/mol. The third kappa shape index (κ3) is 5.71. The third-order valence-corrected chi connectivity index (χ3v) is 11.3. The quantitative estimate of drug-likeness (QED) is 0.360. The normalized spacial score (nSPS) is 26.4. The van der Waals surface area contributed by atoms with Gasteiger partial charge in [0.2, 0.25) is 5.91 Å². The topological polar surface area (TPSA) is 122 Å². The highest BCUT2D eigenvalue weighted by atomic mass is 35.5. The molecule has 3 aliphatic rings. The Bertz CT molecular complexity index is 1460. The van der Waals surface area contributed by atoms with Gasteiger partial charge in [0.15, 0.2) is 27.3 Å². The summed E-state index contributed by atoms with van der Waals surface area (Å²) in [7, 11) is -2.52. The molecule has 0 heterocycles. The number of halogens is 4. The lowest BCUT2D eigenvalue weighted by Crippen LogP contribution is -2.52. The zero-order valence-electron chi connectivity index (χ0n) is 22.2. The van der Waals surface area contributed by atoms with E-state index in [0.29, 0.717) is 31.6 Å². The minimum Gasteiger partial charge on any atom is -0.389 e. The molecule has 0 aliphatic heterocycles. The smallest absolute Gasteiger partial charge is 0.255 e. The predicted molar refractivity (Wildman–Crippen MR) is 144 cm³/mol. The van der Waals surface area contributed by atoms with Crippen molar-refractivity contribution in [2.45, 2.75) is 66.2 Å². The van der Waals surface area contributed by atoms with Crippen LogP contribution in [-0.4, -0.2) is 55.4 Å². The van der Waals surface area contributed by atoms with Crippen LogP contribution in [-0.2, 0) is 19.4 Å². The van der Waals surface area contributed by atoms with Crippen molar-refractivity contribution in [1.82, 2.24) is 5.32 Å². The van der Waals surface area contributed by atoms with Gasteiger partial charge in [-0.3, -0.25) is 9.59 Å². The number of hydrogen-bond acceptors (Lipinski definition) is 6. The Balaban J connectivity index is 1.31. The van der Waals surface area contributed by atoms with Crippen molar-refractivity contribution in [2.24, 2.45) is 11.8 Å². The maximum absolute atomic E-state index is 13.8. The first-order valence-corrected chi connectivity index (χ1v) is 15.2. The first kappa shape index (κ1) is 29.8. The van der Waals surface area contributed by atoms with E-state index < -0.39 is 61.4 Å². The Hall–Kier alpha value is -2.67. The number of carbonyl (C=O) groups excluding carboxylic acids is 2. The summed E-state index contributed by atoms with van der Waals surface area (Å²) < 4.78 is 73.1. The van der Waals surface area contributed by atoms with Gasteiger partial charge in [0.25, 0.3) is 5.91 Å². The SMILES string of the molecule is COCC1(NC(=O)CC2(O)C3CC[C@H]2CC(S(=O)(=O)c2cc(C(=O)Nc4cc(F)c(F)c(F)c4)ccc2Cl)C3)CC1. The molecule has 3 saturated carbocycles. The molecule has 2 amide bonds. The third-order valence-electron chi connectivity index (χ3n) is 8.68. The maximum Gasteiger partial charge on any atom is 0.255 e. The molecule has 0 aromatic heterocycles. The summed E-state index contributed by atoms with van der Waals surface area (Å²) in [6.45, 7) is 0.389. The summed E-state index contributed by atoms with van der Waals surface area (Å²) in [6.07, 6.45) is 2.86. The van der Waals surface area contributed by atoms with Crippen LogP contribution in [0.1, 0.15) is 55.3 Å². The molecular weight excluding hydrogens is 585 g/mol. The van der Waals surface area contributed by atoms with E-state index in [4.69, 9.17) is 16.3 Å². The molecule has 0 saturated heterocycles. The van der Waals surface area contributed by atoms with Gasteiger partial charge in [-0.1, -0.05) is 11.6 Å². The molecule has 2 aromatic carbocycles. The van der Waals surface area contributed by atoms with Crippen LogP contribution >= 0.6 is 11.6 Å². The van der Waals surface area contributed by atoms with E-state index in [9.17, 15) is 36.3 Å². The molecule has 3 N–H and O–H groups in total. The Kier molecular flexibility index (Phi) is 7.90. The van der Waals surface area contributed by atoms with E-state index in [0.717, 1.165) is 18.9 Å². The van der Waals surface area contributed by atoms with Gasteiger partial charge >= 0.3 is 0 Å². The molecule has 3 fully saturated rings. The van der Waals surface area contributed by atoms with Crippen LogP contribution in [0, 0.1) is 29.3 Å². The molecule has 0 spiro atoms. The lowest BCUT2D eigenvalue weighted by molar-refractivity contribution is -0.134. The number of sulfone groups is 1. The maximum atomic E-state index is 13.8. The number of carbonyl (C=O) groups is 2. The van der Waals surface area contributed by atoms with E-state index in [1.807, 2.05) is 0 Å². The van der Waals surface area contributed by atoms with Gasteiger partial charge in [-0.25, -0.2) is 21.6 Å². The minimum absolute atomic E-state index is 0.110. The van der Waals surface area contributed by atoms with Crippen molar-refractivity contribution >= 4 is 38.9 Å². The van der Waals surface area contributed by atoms with Gasteiger partial charge in [0.05, 0.1) is 39.3 Å². The monoisotopic (exact) mass is 614 g/mol. The number of benzene rings is 2. The minimum atomic E-state index is -4.08. The zero-order chi connectivity index (χ0) is 29.7. The van der Waals surface area contributed by atoms with Gasteiger partial charge < -0.3 is 20.5 Å². The molecule has 4 atom stereocenters. The Morgan fingerprint density at radius 3 is 2.24 bits per heavy atom. The lowest BCUT2D eigenvalue weighted by atomic mass is 9.72. The standard InChI is InChI=1S/C28H30ClF3N2O6S/c1-40-14-27(6-7-27)34-24(35)13-28(37)16-3-4-17(28)10-19(9-16)41(38,39)23-8-15(2-5-20(23)29)26(36)33-18-11-21(30)25(32)22(31)12-18/h2,5,8,11-12,16-17,19,37H,3-4,6-7,9-10,13-14H2,1H3,(H,33,36)(H,34,35)/t16-,17?,19?,28?/m0/s1. The molecule has 2 bridgehead atoms. The van der Waals surface area contributed by atoms with Gasteiger partial charge in [0.1, 0.15) is 0 Å². The first-order valence-electron chi connectivity index (χ1n) is 13.3. The van der Waals surface area contributed by atoms with Crippen molar-refractivity contribution in [2.75, 3.05) is 19.0 Å². The van der Waals surface area contributed by atoms with Crippen molar-refractivity contribution < 1.29 is 41.0 Å². The number of methoxy groups -OCH3 is 1. The van der Waals surface area contributed by atoms with E-state index >= 15 is 0 Å². The van der Waals surface area contributed by atoms with Gasteiger partial charge in [-0.05, 0) is 68.6 Å². The van der Waals surface area contributed by atoms with Crippen molar-refractivity contribution in [3.63, 3.8) is 0 Å². The van der Waals surface area contributed by atoms with Gasteiger partial charge in [-0.15, -0.1) is 0 Å². The van der Waals surface area contributed by atoms with Crippen LogP contribution in [0.15, 0.2) is 35.2 Å². The van der Waals surface area contributed by atoms with E-state index in [1.165, 1.54) is 12.1 Å². The molecule has 13 heteroatoms. The molecule has 2 aromatic rings. The molecule has 222 valence electrons. The molecule has 5 rings (SSSR count). The van der Waals surface area contributed by atoms with Crippen LogP contribution in [0.25, 0.3) is 0 Å². The van der Waals surface area contributed by atoms with Crippen molar-refractivity contribution in [3.05, 3.63) is 58.4 Å². The first-order chi connectivity index (χ1) is 19.3. The summed E-state index contributed by atoms with van der Waals surface area (Å²) in [5.74, 6) is -6.68. The summed E-state index contributed by atoms with van der Waals surface area (Å²) in [5.41, 5.74) is -2.22. The largest absolute Gasteiger partial charge is 0.389 e. The van der Waals surface area contributed by atoms with E-state index in [1.54, 1.807) is 7.11 Å². The zero-order valence-corrected chi connectivity index (χ0v) is 23.8. The lowest BCUT2D eigenvalue weighted by Gasteiger charge is -2.42. The Morgan fingerprint density at radius 2 is 1.68 bits per heavy atom. The number of hydrogen-bond donors (Lipinski definition) is 3. The second kappa shape index (κ2) is 10.9. The van der Waals surface area contributed by atoms with Crippen LogP contribution in [0.4, 0.5) is 18.9 Å². The fourth-order valence-electron chi connectivity index (χ4n) is 6.36. The van der Waals surface area contributed by atoms with Crippen LogP contribution in [0.2, 0.25) is 5.02 Å². The van der Waals surface area contributed by atoms with Gasteiger partial charge in [-0.2, -0.15) is 0 Å². The second-order valence-electron chi connectivity index (χ2n) is 11.4. The number of nitrogens with one attached hydrogen (secondary N) is 2. The van der Waals surface area contributed by atoms with Crippen molar-refractivity contribution in [3.8, 4) is 0 Å². The molecule has 0 radical (unpaired) electrons. The number of rotatable bonds is 9. The van der Waals surface area contributed by atoms with E-state index in [-0.39, 0.29) is 46.3 Å². The summed E-state index contributed by atoms with van der Waals surface area (Å²) in [6, 6.07) is 4.78. The highest BCUT2D eigenvalue weighted by Gasteiger charge is 2.57. The molecule has 41 heavy (non-hydrogen) atoms. The Morgan fingerprint density at radius 1 is 1.07 bits per heavy atom. The molecule has 3 unspecified atom stereocenters. The fourth-order valence-corrected chi connectivity index (χ4v) is 8.76. The van der Waals surface area contributed by atoms with Crippen molar-refractivity contribution in [1.29, 1.82) is 0 Å². The van der Waals surface area contributed by atoms with Crippen LogP contribution in [0.5, 0.6) is 0 Å². The molecular formula is C28H30ClF3N2O6S. The second-order valence-corrected chi connectivity index (χ2v) is 14.0. The average Bonchev–Trinajstić information content (AvgIpc) is 3.64. The number of amides is 2. The number of anilines is 1. The van der Waals surface area contributed by atoms with Crippen LogP contribution in [0.3, 0.4) is 0 Å². The fraction of sp³-hybridized carbons (Fsp3) is 0.500. The molecule has 3 aliphatic carbocycles. The molecule has 8 nitrogen and oxygen atoms in total. The highest BCUT2D eigenvalue weighted by molar-refractivity contribution is 7.92. The Labute approximate surface area is 240 Å². The summed E-state index contributed by atoms with van der Waals surface area (Å²) in [5, 5.41) is 15.8. The number of aliphatic hydroxyl groups is 1. The highest BCUT2D eigenvalue weighted by Crippen LogP contribution is 2.53. The number of ether oxygens (including phenoxy) is 1. The summed E-state index contributed by atoms with van der Waals surface area (Å²) >= 11 is 6.27. The van der Waals surface area contributed by atoms with Crippen LogP contribution < -0.4 is 10.6 Å². The number of fused-ring (bicyclic) bond motifs is 2.